The summed E-state index contributed by atoms with van der Waals surface area (Å²) >= 11 is 0. The molecule has 2 aromatic carbocycles. The highest BCUT2D eigenvalue weighted by molar-refractivity contribution is 5.81. The lowest BCUT2D eigenvalue weighted by atomic mass is 9.90. The summed E-state index contributed by atoms with van der Waals surface area (Å²) in [6.07, 6.45) is 4.32. The van der Waals surface area contributed by atoms with E-state index in [4.69, 9.17) is 0 Å². The van der Waals surface area contributed by atoms with E-state index >= 15 is 0 Å². The van der Waals surface area contributed by atoms with Crippen molar-refractivity contribution in [3.05, 3.63) is 65.5 Å². The minimum absolute atomic E-state index is 0.0502. The van der Waals surface area contributed by atoms with Crippen LogP contribution in [-0.4, -0.2) is 35.0 Å². The highest BCUT2D eigenvalue weighted by Crippen LogP contribution is 2.24. The molecule has 1 amide bonds. The van der Waals surface area contributed by atoms with E-state index in [1.54, 1.807) is 30.3 Å². The molecule has 28 heavy (non-hydrogen) atoms. The van der Waals surface area contributed by atoms with Gasteiger partial charge in [-0.15, -0.1) is 0 Å². The highest BCUT2D eigenvalue weighted by Gasteiger charge is 2.26. The largest absolute Gasteiger partial charge is 0.508 e. The van der Waals surface area contributed by atoms with Gasteiger partial charge in [0.05, 0.1) is 6.04 Å². The minimum atomic E-state index is -0.287. The summed E-state index contributed by atoms with van der Waals surface area (Å²) in [5.74, 6) is 0.633. The van der Waals surface area contributed by atoms with Gasteiger partial charge in [0.1, 0.15) is 11.6 Å². The number of piperidine rings is 1. The minimum Gasteiger partial charge on any atom is -0.508 e. The summed E-state index contributed by atoms with van der Waals surface area (Å²) in [6.45, 7) is 3.97. The lowest BCUT2D eigenvalue weighted by Crippen LogP contribution is -2.48. The van der Waals surface area contributed by atoms with Crippen LogP contribution in [0.2, 0.25) is 0 Å². The number of aromatic hydroxyl groups is 1. The maximum Gasteiger partial charge on any atom is 0.237 e. The van der Waals surface area contributed by atoms with Gasteiger partial charge in [0.25, 0.3) is 0 Å². The number of benzene rings is 2. The number of carbonyl (C=O) groups is 1. The second-order valence-corrected chi connectivity index (χ2v) is 7.67. The van der Waals surface area contributed by atoms with Crippen LogP contribution in [0.4, 0.5) is 4.39 Å². The number of phenols is 1. The van der Waals surface area contributed by atoms with Crippen molar-refractivity contribution in [3.8, 4) is 5.75 Å². The Morgan fingerprint density at radius 1 is 1.18 bits per heavy atom. The van der Waals surface area contributed by atoms with E-state index in [0.717, 1.165) is 38.8 Å². The van der Waals surface area contributed by atoms with Crippen molar-refractivity contribution in [2.45, 2.75) is 45.2 Å². The Labute approximate surface area is 166 Å². The molecule has 0 radical (unpaired) electrons. The molecule has 1 heterocycles. The van der Waals surface area contributed by atoms with Gasteiger partial charge in [-0.25, -0.2) is 4.39 Å². The Morgan fingerprint density at radius 3 is 2.54 bits per heavy atom. The van der Waals surface area contributed by atoms with Crippen LogP contribution in [0.1, 0.15) is 37.3 Å². The molecule has 5 heteroatoms. The summed E-state index contributed by atoms with van der Waals surface area (Å²) in [4.78, 5) is 14.7. The molecule has 0 aromatic heterocycles. The molecule has 0 aliphatic carbocycles. The summed E-state index contributed by atoms with van der Waals surface area (Å²) in [5.41, 5.74) is 1.76. The van der Waals surface area contributed by atoms with Crippen molar-refractivity contribution >= 4 is 5.91 Å². The Hall–Kier alpha value is -2.40. The molecule has 0 spiro atoms. The number of rotatable bonds is 7. The van der Waals surface area contributed by atoms with Gasteiger partial charge >= 0.3 is 0 Å². The van der Waals surface area contributed by atoms with Crippen molar-refractivity contribution in [1.29, 1.82) is 0 Å². The van der Waals surface area contributed by atoms with Gasteiger partial charge in [-0.2, -0.15) is 0 Å². The third-order valence-electron chi connectivity index (χ3n) is 5.76. The number of amides is 1. The van der Waals surface area contributed by atoms with E-state index in [-0.39, 0.29) is 24.3 Å². The standard InChI is InChI=1S/C23H29FN2O2/c1-17(23(28)25-16-20-4-2-3-5-22(20)24)26-14-12-19(13-15-26)7-6-18-8-10-21(27)11-9-18/h2-5,8-11,17,19,27H,6-7,12-16H2,1H3,(H,25,28). The van der Waals surface area contributed by atoms with E-state index in [2.05, 4.69) is 10.2 Å². The van der Waals surface area contributed by atoms with E-state index in [1.807, 2.05) is 19.1 Å². The molecule has 0 saturated carbocycles. The quantitative estimate of drug-likeness (QED) is 0.762. The normalized spacial score (nSPS) is 16.6. The molecule has 150 valence electrons. The van der Waals surface area contributed by atoms with E-state index in [9.17, 15) is 14.3 Å². The number of hydrogen-bond acceptors (Lipinski definition) is 3. The molecular weight excluding hydrogens is 355 g/mol. The van der Waals surface area contributed by atoms with Gasteiger partial charge in [0, 0.05) is 12.1 Å². The number of likely N-dealkylation sites (tertiary alicyclic amines) is 1. The van der Waals surface area contributed by atoms with Crippen molar-refractivity contribution in [2.75, 3.05) is 13.1 Å². The van der Waals surface area contributed by atoms with Crippen molar-refractivity contribution in [3.63, 3.8) is 0 Å². The molecule has 0 bridgehead atoms. The maximum atomic E-state index is 13.7. The van der Waals surface area contributed by atoms with Crippen molar-refractivity contribution < 1.29 is 14.3 Å². The van der Waals surface area contributed by atoms with Crippen LogP contribution in [0.25, 0.3) is 0 Å². The zero-order valence-electron chi connectivity index (χ0n) is 16.4. The third kappa shape index (κ3) is 5.55. The molecule has 1 unspecified atom stereocenters. The molecule has 1 aliphatic rings. The fourth-order valence-corrected chi connectivity index (χ4v) is 3.80. The van der Waals surface area contributed by atoms with Crippen LogP contribution >= 0.6 is 0 Å². The van der Waals surface area contributed by atoms with Gasteiger partial charge in [-0.05, 0) is 75.4 Å². The first-order chi connectivity index (χ1) is 13.5. The number of halogens is 1. The molecule has 1 aliphatic heterocycles. The SMILES string of the molecule is CC(C(=O)NCc1ccccc1F)N1CCC(CCc2ccc(O)cc2)CC1. The van der Waals surface area contributed by atoms with E-state index < -0.39 is 0 Å². The monoisotopic (exact) mass is 384 g/mol. The molecule has 3 rings (SSSR count). The van der Waals surface area contributed by atoms with Gasteiger partial charge in [0.15, 0.2) is 0 Å². The maximum absolute atomic E-state index is 13.7. The van der Waals surface area contributed by atoms with Crippen LogP contribution in [0, 0.1) is 11.7 Å². The Balaban J connectivity index is 1.40. The van der Waals surface area contributed by atoms with Gasteiger partial charge in [-0.3, -0.25) is 9.69 Å². The topological polar surface area (TPSA) is 52.6 Å². The summed E-state index contributed by atoms with van der Waals surface area (Å²) in [6, 6.07) is 13.8. The summed E-state index contributed by atoms with van der Waals surface area (Å²) in [5, 5.41) is 12.2. The first-order valence-electron chi connectivity index (χ1n) is 10.1. The number of nitrogens with zero attached hydrogens (tertiary/aromatic N) is 1. The Morgan fingerprint density at radius 2 is 1.86 bits per heavy atom. The highest BCUT2D eigenvalue weighted by atomic mass is 19.1. The lowest BCUT2D eigenvalue weighted by Gasteiger charge is -2.35. The van der Waals surface area contributed by atoms with Gasteiger partial charge in [0.2, 0.25) is 5.91 Å². The van der Waals surface area contributed by atoms with Crippen LogP contribution in [0.5, 0.6) is 5.75 Å². The molecule has 2 N–H and O–H groups in total. The van der Waals surface area contributed by atoms with E-state index in [0.29, 0.717) is 17.2 Å². The molecule has 2 aromatic rings. The van der Waals surface area contributed by atoms with Gasteiger partial charge < -0.3 is 10.4 Å². The lowest BCUT2D eigenvalue weighted by molar-refractivity contribution is -0.126. The van der Waals surface area contributed by atoms with Crippen LogP contribution < -0.4 is 5.32 Å². The van der Waals surface area contributed by atoms with Crippen LogP contribution in [0.15, 0.2) is 48.5 Å². The fraction of sp³-hybridized carbons (Fsp3) is 0.435. The van der Waals surface area contributed by atoms with E-state index in [1.165, 1.54) is 11.6 Å². The summed E-state index contributed by atoms with van der Waals surface area (Å²) in [7, 11) is 0. The number of carbonyl (C=O) groups excluding carboxylic acids is 1. The van der Waals surface area contributed by atoms with Crippen molar-refractivity contribution in [2.24, 2.45) is 5.92 Å². The van der Waals surface area contributed by atoms with Crippen molar-refractivity contribution in [1.82, 2.24) is 10.2 Å². The molecule has 1 atom stereocenters. The Kier molecular flexibility index (Phi) is 7.04. The molecule has 1 saturated heterocycles. The smallest absolute Gasteiger partial charge is 0.237 e. The summed E-state index contributed by atoms with van der Waals surface area (Å²) < 4.78 is 13.7. The van der Waals surface area contributed by atoms with Gasteiger partial charge in [-0.1, -0.05) is 30.3 Å². The number of phenolic OH excluding ortho intramolecular Hbond substituents is 1. The number of nitrogens with one attached hydrogen (secondary N) is 1. The average Bonchev–Trinajstić information content (AvgIpc) is 2.72. The number of hydrogen-bond donors (Lipinski definition) is 2. The second-order valence-electron chi connectivity index (χ2n) is 7.67. The second kappa shape index (κ2) is 9.69. The number of aryl methyl sites for hydroxylation is 1. The molecular formula is C23H29FN2O2. The predicted octanol–water partition coefficient (Wildman–Crippen LogP) is 3.88. The molecule has 4 nitrogen and oxygen atoms in total. The molecule has 1 fully saturated rings. The fourth-order valence-electron chi connectivity index (χ4n) is 3.80. The zero-order valence-corrected chi connectivity index (χ0v) is 16.4. The van der Waals surface area contributed by atoms with Crippen LogP contribution in [0.3, 0.4) is 0 Å². The first-order valence-corrected chi connectivity index (χ1v) is 10.1. The average molecular weight is 384 g/mol. The first kappa shape index (κ1) is 20.3. The predicted molar refractivity (Wildman–Crippen MR) is 108 cm³/mol. The Bertz CT molecular complexity index is 770. The zero-order chi connectivity index (χ0) is 19.9. The third-order valence-corrected chi connectivity index (χ3v) is 5.76. The van der Waals surface area contributed by atoms with Crippen LogP contribution in [-0.2, 0) is 17.8 Å².